The molecule has 2 aromatic carbocycles. The zero-order chi connectivity index (χ0) is 23.2. The van der Waals surface area contributed by atoms with Gasteiger partial charge in [0.05, 0.1) is 28.5 Å². The maximum Gasteiger partial charge on any atom is 0.273 e. The van der Waals surface area contributed by atoms with Gasteiger partial charge in [0.15, 0.2) is 5.16 Å². The van der Waals surface area contributed by atoms with Crippen molar-refractivity contribution < 1.29 is 14.4 Å². The van der Waals surface area contributed by atoms with E-state index in [1.165, 1.54) is 23.9 Å². The summed E-state index contributed by atoms with van der Waals surface area (Å²) >= 11 is 1.44. The van der Waals surface area contributed by atoms with E-state index in [9.17, 15) is 14.9 Å². The summed E-state index contributed by atoms with van der Waals surface area (Å²) in [5.74, 6) is 1.46. The number of hydrogen-bond acceptors (Lipinski definition) is 8. The van der Waals surface area contributed by atoms with Gasteiger partial charge in [0.25, 0.3) is 11.2 Å². The second-order valence-electron chi connectivity index (χ2n) is 7.09. The van der Waals surface area contributed by atoms with Crippen LogP contribution in [0.25, 0.3) is 16.7 Å². The third kappa shape index (κ3) is 4.99. The van der Waals surface area contributed by atoms with Crippen LogP contribution in [0.15, 0.2) is 58.5 Å². The van der Waals surface area contributed by atoms with Crippen LogP contribution in [0.1, 0.15) is 13.3 Å². The van der Waals surface area contributed by atoms with E-state index in [1.807, 2.05) is 29.5 Å². The molecule has 172 valence electrons. The Balaban J connectivity index is 1.55. The molecule has 2 aromatic heterocycles. The van der Waals surface area contributed by atoms with E-state index in [2.05, 4.69) is 10.2 Å². The number of nitro groups is 1. The molecule has 33 heavy (non-hydrogen) atoms. The normalized spacial score (nSPS) is 11.3. The van der Waals surface area contributed by atoms with Gasteiger partial charge in [-0.2, -0.15) is 0 Å². The molecule has 0 saturated carbocycles. The van der Waals surface area contributed by atoms with Gasteiger partial charge in [0, 0.05) is 31.6 Å². The van der Waals surface area contributed by atoms with E-state index in [0.29, 0.717) is 60.6 Å². The lowest BCUT2D eigenvalue weighted by Crippen LogP contribution is -2.24. The summed E-state index contributed by atoms with van der Waals surface area (Å²) in [5, 5.41) is 20.8. The number of rotatable bonds is 11. The summed E-state index contributed by atoms with van der Waals surface area (Å²) in [4.78, 5) is 23.5. The number of ether oxygens (including phenoxy) is 2. The smallest absolute Gasteiger partial charge is 0.273 e. The molecule has 0 aliphatic rings. The molecule has 0 N–H and O–H groups in total. The molecule has 10 nitrogen and oxygen atoms in total. The van der Waals surface area contributed by atoms with Crippen molar-refractivity contribution >= 4 is 34.1 Å². The number of hydrogen-bond donors (Lipinski definition) is 0. The highest BCUT2D eigenvalue weighted by Gasteiger charge is 2.16. The van der Waals surface area contributed by atoms with Crippen LogP contribution >= 0.6 is 11.8 Å². The summed E-state index contributed by atoms with van der Waals surface area (Å²) in [7, 11) is 0. The zero-order valence-corrected chi connectivity index (χ0v) is 18.9. The molecule has 11 heteroatoms. The van der Waals surface area contributed by atoms with Gasteiger partial charge < -0.3 is 9.47 Å². The fourth-order valence-electron chi connectivity index (χ4n) is 3.48. The molecule has 0 unspecified atom stereocenters. The van der Waals surface area contributed by atoms with Crippen molar-refractivity contribution in [2.75, 3.05) is 25.6 Å². The molecule has 0 saturated heterocycles. The number of fused-ring (bicyclic) bond motifs is 3. The van der Waals surface area contributed by atoms with Crippen molar-refractivity contribution in [1.82, 2.24) is 19.2 Å². The molecule has 2 heterocycles. The average Bonchev–Trinajstić information content (AvgIpc) is 3.25. The molecular weight excluding hydrogens is 446 g/mol. The van der Waals surface area contributed by atoms with Gasteiger partial charge in [0.2, 0.25) is 5.78 Å². The van der Waals surface area contributed by atoms with E-state index >= 15 is 0 Å². The minimum Gasteiger partial charge on any atom is -0.492 e. The SMILES string of the molecule is CCOCCCn1c(=O)c2ccccc2n2c(SCCOc3cccc([N+](=O)[O-])c3)nnc12. The number of para-hydroxylation sites is 1. The van der Waals surface area contributed by atoms with E-state index < -0.39 is 4.92 Å². The summed E-state index contributed by atoms with van der Waals surface area (Å²) in [6, 6.07) is 13.5. The molecule has 0 atom stereocenters. The van der Waals surface area contributed by atoms with Gasteiger partial charge in [-0.25, -0.2) is 0 Å². The highest BCUT2D eigenvalue weighted by Crippen LogP contribution is 2.23. The van der Waals surface area contributed by atoms with Crippen LogP contribution in [-0.2, 0) is 11.3 Å². The van der Waals surface area contributed by atoms with Crippen LogP contribution in [0.4, 0.5) is 5.69 Å². The lowest BCUT2D eigenvalue weighted by atomic mass is 10.2. The Bertz CT molecular complexity index is 1340. The first-order valence-electron chi connectivity index (χ1n) is 10.5. The van der Waals surface area contributed by atoms with Crippen molar-refractivity contribution in [2.24, 2.45) is 0 Å². The number of benzene rings is 2. The largest absolute Gasteiger partial charge is 0.492 e. The zero-order valence-electron chi connectivity index (χ0n) is 18.0. The van der Waals surface area contributed by atoms with Crippen LogP contribution in [0.5, 0.6) is 5.75 Å². The van der Waals surface area contributed by atoms with Gasteiger partial charge in [-0.15, -0.1) is 10.2 Å². The third-order valence-electron chi connectivity index (χ3n) is 4.96. The first kappa shape index (κ1) is 22.7. The summed E-state index contributed by atoms with van der Waals surface area (Å²) in [5.41, 5.74) is 0.621. The number of nitrogens with zero attached hydrogens (tertiary/aromatic N) is 5. The second-order valence-corrected chi connectivity index (χ2v) is 8.16. The van der Waals surface area contributed by atoms with Crippen LogP contribution < -0.4 is 10.3 Å². The minimum absolute atomic E-state index is 0.0163. The molecule has 0 aliphatic carbocycles. The van der Waals surface area contributed by atoms with E-state index in [4.69, 9.17) is 9.47 Å². The Morgan fingerprint density at radius 1 is 1.12 bits per heavy atom. The lowest BCUT2D eigenvalue weighted by Gasteiger charge is -2.11. The number of non-ortho nitro benzene ring substituents is 1. The number of aromatic nitrogens is 4. The first-order chi connectivity index (χ1) is 16.1. The molecule has 0 spiro atoms. The fraction of sp³-hybridized carbons (Fsp3) is 0.318. The Kier molecular flexibility index (Phi) is 7.20. The van der Waals surface area contributed by atoms with Gasteiger partial charge in [-0.05, 0) is 31.5 Å². The maximum atomic E-state index is 13.1. The molecule has 0 radical (unpaired) electrons. The number of aryl methyl sites for hydroxylation is 1. The van der Waals surface area contributed by atoms with E-state index in [0.717, 1.165) is 5.52 Å². The van der Waals surface area contributed by atoms with Crippen molar-refractivity contribution in [1.29, 1.82) is 0 Å². The number of nitro benzene ring substituents is 1. The van der Waals surface area contributed by atoms with E-state index in [1.54, 1.807) is 22.8 Å². The molecule has 0 fully saturated rings. The topological polar surface area (TPSA) is 114 Å². The molecule has 4 aromatic rings. The standard InChI is InChI=1S/C22H23N5O5S/c1-2-31-12-6-11-25-20(28)18-9-3-4-10-19(18)26-21(25)23-24-22(26)33-14-13-32-17-8-5-7-16(15-17)27(29)30/h3-5,7-10,15H,2,6,11-14H2,1H3. The predicted octanol–water partition coefficient (Wildman–Crippen LogP) is 3.55. The quantitative estimate of drug-likeness (QED) is 0.142. The van der Waals surface area contributed by atoms with Crippen LogP contribution in [0.2, 0.25) is 0 Å². The van der Waals surface area contributed by atoms with Crippen LogP contribution in [0.3, 0.4) is 0 Å². The van der Waals surface area contributed by atoms with Crippen molar-refractivity contribution in [3.8, 4) is 5.75 Å². The number of thioether (sulfide) groups is 1. The van der Waals surface area contributed by atoms with Gasteiger partial charge in [-0.3, -0.25) is 23.9 Å². The van der Waals surface area contributed by atoms with Gasteiger partial charge >= 0.3 is 0 Å². The Hall–Kier alpha value is -3.44. The second kappa shape index (κ2) is 10.5. The van der Waals surface area contributed by atoms with Crippen molar-refractivity contribution in [3.63, 3.8) is 0 Å². The Morgan fingerprint density at radius 3 is 2.79 bits per heavy atom. The van der Waals surface area contributed by atoms with Crippen LogP contribution in [-0.4, -0.2) is 49.7 Å². The van der Waals surface area contributed by atoms with Crippen molar-refractivity contribution in [3.05, 3.63) is 69.0 Å². The van der Waals surface area contributed by atoms with Crippen molar-refractivity contribution in [2.45, 2.75) is 25.0 Å². The molecule has 0 amide bonds. The first-order valence-corrected chi connectivity index (χ1v) is 11.5. The highest BCUT2D eigenvalue weighted by atomic mass is 32.2. The van der Waals surface area contributed by atoms with Gasteiger partial charge in [0.1, 0.15) is 5.75 Å². The third-order valence-corrected chi connectivity index (χ3v) is 5.86. The van der Waals surface area contributed by atoms with E-state index in [-0.39, 0.29) is 11.2 Å². The van der Waals surface area contributed by atoms with Crippen LogP contribution in [0, 0.1) is 10.1 Å². The molecule has 4 rings (SSSR count). The summed E-state index contributed by atoms with van der Waals surface area (Å²) in [6.45, 7) is 3.93. The predicted molar refractivity (Wildman–Crippen MR) is 125 cm³/mol. The summed E-state index contributed by atoms with van der Waals surface area (Å²) in [6.07, 6.45) is 0.689. The fourth-order valence-corrected chi connectivity index (χ4v) is 4.23. The monoisotopic (exact) mass is 469 g/mol. The molecular formula is C22H23N5O5S. The highest BCUT2D eigenvalue weighted by molar-refractivity contribution is 7.99. The molecule has 0 aliphatic heterocycles. The van der Waals surface area contributed by atoms with Gasteiger partial charge in [-0.1, -0.05) is 30.0 Å². The average molecular weight is 470 g/mol. The lowest BCUT2D eigenvalue weighted by molar-refractivity contribution is -0.384. The molecule has 0 bridgehead atoms. The maximum absolute atomic E-state index is 13.1. The minimum atomic E-state index is -0.455. The Labute approximate surface area is 193 Å². The summed E-state index contributed by atoms with van der Waals surface area (Å²) < 4.78 is 14.6. The Morgan fingerprint density at radius 2 is 1.97 bits per heavy atom.